The van der Waals surface area contributed by atoms with Crippen LogP contribution in [0.2, 0.25) is 0 Å². The molecule has 5 heteroatoms. The fourth-order valence-electron chi connectivity index (χ4n) is 1.52. The minimum atomic E-state index is -0.292. The van der Waals surface area contributed by atoms with E-state index in [-0.39, 0.29) is 5.82 Å². The molecule has 0 aromatic carbocycles. The van der Waals surface area contributed by atoms with Crippen LogP contribution in [0.5, 0.6) is 0 Å². The standard InChI is InChI=1S/C12H14FN3S/c1-9-16-12(8-17-9)2-3-14-5-10-4-11(13)7-15-6-10/h4,6-8,14H,2-3,5H2,1H3. The fourth-order valence-corrected chi connectivity index (χ4v) is 2.17. The molecule has 0 unspecified atom stereocenters. The van der Waals surface area contributed by atoms with Crippen molar-refractivity contribution >= 4 is 11.3 Å². The number of halogens is 1. The summed E-state index contributed by atoms with van der Waals surface area (Å²) < 4.78 is 12.8. The predicted octanol–water partition coefficient (Wildman–Crippen LogP) is 2.32. The Morgan fingerprint density at radius 1 is 1.41 bits per heavy atom. The first-order chi connectivity index (χ1) is 8.24. The van der Waals surface area contributed by atoms with E-state index in [4.69, 9.17) is 0 Å². The molecule has 3 nitrogen and oxygen atoms in total. The van der Waals surface area contributed by atoms with Gasteiger partial charge in [0.15, 0.2) is 0 Å². The van der Waals surface area contributed by atoms with E-state index in [1.165, 1.54) is 12.3 Å². The number of pyridine rings is 1. The highest BCUT2D eigenvalue weighted by molar-refractivity contribution is 7.09. The first-order valence-electron chi connectivity index (χ1n) is 5.45. The highest BCUT2D eigenvalue weighted by Crippen LogP contribution is 2.07. The van der Waals surface area contributed by atoms with Crippen LogP contribution in [0.15, 0.2) is 23.8 Å². The summed E-state index contributed by atoms with van der Waals surface area (Å²) in [5.41, 5.74) is 1.97. The van der Waals surface area contributed by atoms with Crippen molar-refractivity contribution in [3.8, 4) is 0 Å². The Morgan fingerprint density at radius 2 is 2.29 bits per heavy atom. The van der Waals surface area contributed by atoms with Gasteiger partial charge < -0.3 is 5.32 Å². The Kier molecular flexibility index (Phi) is 4.17. The van der Waals surface area contributed by atoms with Gasteiger partial charge >= 0.3 is 0 Å². The van der Waals surface area contributed by atoms with Crippen LogP contribution in [-0.4, -0.2) is 16.5 Å². The van der Waals surface area contributed by atoms with Crippen LogP contribution in [0.4, 0.5) is 4.39 Å². The van der Waals surface area contributed by atoms with Crippen LogP contribution >= 0.6 is 11.3 Å². The zero-order chi connectivity index (χ0) is 12.1. The van der Waals surface area contributed by atoms with Crippen molar-refractivity contribution in [2.24, 2.45) is 0 Å². The van der Waals surface area contributed by atoms with Gasteiger partial charge in [-0.15, -0.1) is 11.3 Å². The van der Waals surface area contributed by atoms with Crippen LogP contribution in [0.25, 0.3) is 0 Å². The SMILES string of the molecule is Cc1nc(CCNCc2cncc(F)c2)cs1. The first-order valence-corrected chi connectivity index (χ1v) is 6.33. The van der Waals surface area contributed by atoms with Gasteiger partial charge in [-0.1, -0.05) is 0 Å². The Morgan fingerprint density at radius 3 is 3.00 bits per heavy atom. The number of rotatable bonds is 5. The number of aryl methyl sites for hydroxylation is 1. The van der Waals surface area contributed by atoms with Gasteiger partial charge in [-0.2, -0.15) is 0 Å². The van der Waals surface area contributed by atoms with Crippen LogP contribution in [0, 0.1) is 12.7 Å². The van der Waals surface area contributed by atoms with Gasteiger partial charge in [0.1, 0.15) is 5.82 Å². The lowest BCUT2D eigenvalue weighted by molar-refractivity contribution is 0.612. The molecule has 0 fully saturated rings. The summed E-state index contributed by atoms with van der Waals surface area (Å²) in [6, 6.07) is 1.49. The number of hydrogen-bond donors (Lipinski definition) is 1. The van der Waals surface area contributed by atoms with Gasteiger partial charge in [0, 0.05) is 31.1 Å². The topological polar surface area (TPSA) is 37.8 Å². The molecule has 0 bridgehead atoms. The fraction of sp³-hybridized carbons (Fsp3) is 0.333. The van der Waals surface area contributed by atoms with Gasteiger partial charge in [-0.25, -0.2) is 9.37 Å². The van der Waals surface area contributed by atoms with Crippen LogP contribution in [-0.2, 0) is 13.0 Å². The van der Waals surface area contributed by atoms with Crippen molar-refractivity contribution in [2.75, 3.05) is 6.54 Å². The lowest BCUT2D eigenvalue weighted by Crippen LogP contribution is -2.17. The average Bonchev–Trinajstić information content (AvgIpc) is 2.71. The monoisotopic (exact) mass is 251 g/mol. The number of nitrogens with one attached hydrogen (secondary N) is 1. The van der Waals surface area contributed by atoms with E-state index >= 15 is 0 Å². The van der Waals surface area contributed by atoms with Crippen LogP contribution in [0.1, 0.15) is 16.3 Å². The Labute approximate surface area is 104 Å². The van der Waals surface area contributed by atoms with Crippen LogP contribution < -0.4 is 5.32 Å². The normalized spacial score (nSPS) is 10.7. The molecule has 1 N–H and O–H groups in total. The quantitative estimate of drug-likeness (QED) is 0.829. The van der Waals surface area contributed by atoms with Crippen molar-refractivity contribution in [1.29, 1.82) is 0 Å². The Hall–Kier alpha value is -1.33. The van der Waals surface area contributed by atoms with Gasteiger partial charge in [-0.3, -0.25) is 4.98 Å². The van der Waals surface area contributed by atoms with Gasteiger partial charge in [0.05, 0.1) is 16.9 Å². The van der Waals surface area contributed by atoms with Gasteiger partial charge in [0.25, 0.3) is 0 Å². The second-order valence-electron chi connectivity index (χ2n) is 3.80. The van der Waals surface area contributed by atoms with E-state index in [9.17, 15) is 4.39 Å². The maximum absolute atomic E-state index is 12.8. The molecule has 0 radical (unpaired) electrons. The van der Waals surface area contributed by atoms with E-state index in [1.54, 1.807) is 17.5 Å². The largest absolute Gasteiger partial charge is 0.312 e. The number of nitrogens with zero attached hydrogens (tertiary/aromatic N) is 2. The molecular formula is C12H14FN3S. The molecule has 0 atom stereocenters. The second kappa shape index (κ2) is 5.84. The molecule has 0 aliphatic carbocycles. The molecule has 2 aromatic rings. The van der Waals surface area contributed by atoms with Crippen molar-refractivity contribution in [2.45, 2.75) is 19.9 Å². The Bertz CT molecular complexity index is 484. The molecule has 0 spiro atoms. The summed E-state index contributed by atoms with van der Waals surface area (Å²) in [5, 5.41) is 6.41. The molecule has 0 amide bonds. The van der Waals surface area contributed by atoms with E-state index < -0.39 is 0 Å². The third-order valence-corrected chi connectivity index (χ3v) is 3.14. The molecule has 0 aliphatic heterocycles. The number of aromatic nitrogens is 2. The lowest BCUT2D eigenvalue weighted by atomic mass is 10.2. The second-order valence-corrected chi connectivity index (χ2v) is 4.86. The van der Waals surface area contributed by atoms with E-state index in [2.05, 4.69) is 20.7 Å². The maximum Gasteiger partial charge on any atom is 0.141 e. The van der Waals surface area contributed by atoms with Crippen molar-refractivity contribution in [1.82, 2.24) is 15.3 Å². The molecule has 17 heavy (non-hydrogen) atoms. The van der Waals surface area contributed by atoms with E-state index in [0.717, 1.165) is 29.2 Å². The third-order valence-electron chi connectivity index (χ3n) is 2.32. The Balaban J connectivity index is 1.73. The molecule has 0 saturated carbocycles. The smallest absolute Gasteiger partial charge is 0.141 e. The van der Waals surface area contributed by atoms with Crippen LogP contribution in [0.3, 0.4) is 0 Å². The predicted molar refractivity (Wildman–Crippen MR) is 66.5 cm³/mol. The molecule has 2 rings (SSSR count). The number of hydrogen-bond acceptors (Lipinski definition) is 4. The molecule has 90 valence electrons. The first kappa shape index (κ1) is 12.1. The highest BCUT2D eigenvalue weighted by atomic mass is 32.1. The third kappa shape index (κ3) is 3.87. The molecule has 0 aliphatic rings. The zero-order valence-electron chi connectivity index (χ0n) is 9.61. The summed E-state index contributed by atoms with van der Waals surface area (Å²) in [6.45, 7) is 3.47. The van der Waals surface area contributed by atoms with Crippen molar-refractivity contribution in [3.05, 3.63) is 45.9 Å². The summed E-state index contributed by atoms with van der Waals surface area (Å²) >= 11 is 1.66. The minimum Gasteiger partial charge on any atom is -0.312 e. The molecule has 0 saturated heterocycles. The molecular weight excluding hydrogens is 237 g/mol. The summed E-state index contributed by atoms with van der Waals surface area (Å²) in [4.78, 5) is 8.17. The summed E-state index contributed by atoms with van der Waals surface area (Å²) in [6.07, 6.45) is 3.78. The van der Waals surface area contributed by atoms with E-state index in [0.29, 0.717) is 6.54 Å². The van der Waals surface area contributed by atoms with Crippen molar-refractivity contribution in [3.63, 3.8) is 0 Å². The number of thiazole rings is 1. The summed E-state index contributed by atoms with van der Waals surface area (Å²) in [7, 11) is 0. The zero-order valence-corrected chi connectivity index (χ0v) is 10.4. The molecule has 2 heterocycles. The average molecular weight is 251 g/mol. The maximum atomic E-state index is 12.8. The molecule has 2 aromatic heterocycles. The summed E-state index contributed by atoms with van der Waals surface area (Å²) in [5.74, 6) is -0.292. The van der Waals surface area contributed by atoms with Gasteiger partial charge in [0.2, 0.25) is 0 Å². The highest BCUT2D eigenvalue weighted by Gasteiger charge is 1.99. The lowest BCUT2D eigenvalue weighted by Gasteiger charge is -2.03. The van der Waals surface area contributed by atoms with Gasteiger partial charge in [-0.05, 0) is 18.6 Å². The van der Waals surface area contributed by atoms with Crippen molar-refractivity contribution < 1.29 is 4.39 Å². The van der Waals surface area contributed by atoms with E-state index in [1.807, 2.05) is 6.92 Å². The minimum absolute atomic E-state index is 0.292.